The number of hydrogen-bond acceptors (Lipinski definition) is 5. The van der Waals surface area contributed by atoms with Crippen LogP contribution in [0.2, 0.25) is 0 Å². The minimum atomic E-state index is 0.223. The number of oxime groups is 1. The molecule has 0 saturated carbocycles. The molecule has 0 aromatic rings. The average Bonchev–Trinajstić information content (AvgIpc) is 2.14. The Kier molecular flexibility index (Phi) is 3.43. The van der Waals surface area contributed by atoms with Crippen LogP contribution in [0.15, 0.2) is 16.8 Å². The summed E-state index contributed by atoms with van der Waals surface area (Å²) in [6.45, 7) is 0.922. The van der Waals surface area contributed by atoms with Crippen LogP contribution in [-0.2, 0) is 4.84 Å². The summed E-state index contributed by atoms with van der Waals surface area (Å²) in [6.07, 6.45) is 2.60. The molecule has 0 amide bonds. The van der Waals surface area contributed by atoms with Gasteiger partial charge in [0.15, 0.2) is 5.71 Å². The third kappa shape index (κ3) is 2.54. The smallest absolute Gasteiger partial charge is 0.183 e. The van der Waals surface area contributed by atoms with Crippen LogP contribution in [0, 0.1) is 11.3 Å². The lowest BCUT2D eigenvalue weighted by Gasteiger charge is -2.19. The maximum atomic E-state index is 9.18. The van der Waals surface area contributed by atoms with Crippen molar-refractivity contribution in [2.24, 2.45) is 5.16 Å². The highest BCUT2D eigenvalue weighted by molar-refractivity contribution is 6.11. The van der Waals surface area contributed by atoms with E-state index in [2.05, 4.69) is 9.99 Å². The van der Waals surface area contributed by atoms with E-state index in [1.54, 1.807) is 0 Å². The molecule has 0 spiro atoms. The molecule has 0 radical (unpaired) electrons. The zero-order chi connectivity index (χ0) is 9.68. The van der Waals surface area contributed by atoms with Gasteiger partial charge in [0, 0.05) is 12.1 Å². The molecule has 70 valence electrons. The summed E-state index contributed by atoms with van der Waals surface area (Å²) in [5, 5.41) is 22.6. The van der Waals surface area contributed by atoms with Gasteiger partial charge in [0.05, 0.1) is 6.54 Å². The van der Waals surface area contributed by atoms with Gasteiger partial charge in [-0.3, -0.25) is 0 Å². The fourth-order valence-corrected chi connectivity index (χ4v) is 1.14. The first-order valence-corrected chi connectivity index (χ1v) is 3.92. The Balaban J connectivity index is 2.76. The Morgan fingerprint density at radius 1 is 1.85 bits per heavy atom. The Morgan fingerprint density at radius 2 is 2.62 bits per heavy atom. The Morgan fingerprint density at radius 3 is 3.15 bits per heavy atom. The molecule has 0 aliphatic carbocycles. The molecule has 5 nitrogen and oxygen atoms in total. The molecule has 1 heterocycles. The molecule has 0 atom stereocenters. The predicted molar refractivity (Wildman–Crippen MR) is 46.1 cm³/mol. The molecule has 1 N–H and O–H groups in total. The summed E-state index contributed by atoms with van der Waals surface area (Å²) < 4.78 is 0. The van der Waals surface area contributed by atoms with Crippen LogP contribution in [0.1, 0.15) is 6.42 Å². The molecule has 0 saturated heterocycles. The first-order chi connectivity index (χ1) is 6.27. The van der Waals surface area contributed by atoms with E-state index in [4.69, 9.17) is 5.26 Å². The Bertz CT molecular complexity index is 278. The van der Waals surface area contributed by atoms with E-state index in [0.717, 1.165) is 11.5 Å². The molecule has 13 heavy (non-hydrogen) atoms. The van der Waals surface area contributed by atoms with Crippen molar-refractivity contribution in [3.63, 3.8) is 0 Å². The fraction of sp³-hybridized carbons (Fsp3) is 0.500. The predicted octanol–water partition coefficient (Wildman–Crippen LogP) is 0.534. The third-order valence-electron chi connectivity index (χ3n) is 1.72. The third-order valence-corrected chi connectivity index (χ3v) is 1.72. The second-order valence-corrected chi connectivity index (χ2v) is 2.64. The van der Waals surface area contributed by atoms with Crippen LogP contribution in [-0.4, -0.2) is 36.2 Å². The van der Waals surface area contributed by atoms with Gasteiger partial charge in [-0.1, -0.05) is 11.2 Å². The molecule has 0 aromatic heterocycles. The van der Waals surface area contributed by atoms with E-state index < -0.39 is 0 Å². The minimum Gasteiger partial charge on any atom is -0.398 e. The SMILES string of the molecule is CO/N=C(/C#N)C1=CCCN(O)C1. The van der Waals surface area contributed by atoms with Crippen LogP contribution < -0.4 is 0 Å². The van der Waals surface area contributed by atoms with Gasteiger partial charge in [0.2, 0.25) is 0 Å². The lowest BCUT2D eigenvalue weighted by atomic mass is 10.1. The highest BCUT2D eigenvalue weighted by Crippen LogP contribution is 2.09. The number of hydrogen-bond donors (Lipinski definition) is 1. The monoisotopic (exact) mass is 181 g/mol. The number of nitrogens with zero attached hydrogens (tertiary/aromatic N) is 3. The molecule has 1 aliphatic heterocycles. The summed E-state index contributed by atoms with van der Waals surface area (Å²) in [5.41, 5.74) is 0.930. The minimum absolute atomic E-state index is 0.223. The normalized spacial score (nSPS) is 19.2. The number of nitriles is 1. The van der Waals surface area contributed by atoms with E-state index >= 15 is 0 Å². The van der Waals surface area contributed by atoms with Crippen molar-refractivity contribution in [3.8, 4) is 6.07 Å². The summed E-state index contributed by atoms with van der Waals surface area (Å²) >= 11 is 0. The lowest BCUT2D eigenvalue weighted by Crippen LogP contribution is -2.28. The average molecular weight is 181 g/mol. The van der Waals surface area contributed by atoms with Crippen LogP contribution in [0.4, 0.5) is 0 Å². The van der Waals surface area contributed by atoms with Gasteiger partial charge < -0.3 is 10.0 Å². The fourth-order valence-electron chi connectivity index (χ4n) is 1.14. The van der Waals surface area contributed by atoms with Gasteiger partial charge >= 0.3 is 0 Å². The highest BCUT2D eigenvalue weighted by atomic mass is 16.6. The highest BCUT2D eigenvalue weighted by Gasteiger charge is 2.15. The van der Waals surface area contributed by atoms with Crippen LogP contribution in [0.5, 0.6) is 0 Å². The molecule has 0 bridgehead atoms. The first kappa shape index (κ1) is 9.71. The molecule has 0 aromatic carbocycles. The Labute approximate surface area is 76.5 Å². The molecule has 1 rings (SSSR count). The van der Waals surface area contributed by atoms with Crippen molar-refractivity contribution in [2.45, 2.75) is 6.42 Å². The maximum Gasteiger partial charge on any atom is 0.183 e. The standard InChI is InChI=1S/C8H11N3O2/c1-13-10-8(5-9)7-3-2-4-11(12)6-7/h3,12H,2,4,6H2,1H3/b10-8-. The largest absolute Gasteiger partial charge is 0.398 e. The van der Waals surface area contributed by atoms with Gasteiger partial charge in [0.25, 0.3) is 0 Å². The second-order valence-electron chi connectivity index (χ2n) is 2.64. The summed E-state index contributed by atoms with van der Waals surface area (Å²) in [5.74, 6) is 0. The molecule has 0 fully saturated rings. The summed E-state index contributed by atoms with van der Waals surface area (Å²) in [6, 6.07) is 1.91. The zero-order valence-corrected chi connectivity index (χ0v) is 7.40. The zero-order valence-electron chi connectivity index (χ0n) is 7.40. The van der Waals surface area contributed by atoms with Crippen molar-refractivity contribution in [1.82, 2.24) is 5.06 Å². The molecular formula is C8H11N3O2. The van der Waals surface area contributed by atoms with Gasteiger partial charge in [-0.25, -0.2) is 0 Å². The number of rotatable bonds is 2. The maximum absolute atomic E-state index is 9.18. The van der Waals surface area contributed by atoms with Crippen LogP contribution in [0.25, 0.3) is 0 Å². The van der Waals surface area contributed by atoms with Crippen molar-refractivity contribution in [3.05, 3.63) is 11.6 Å². The summed E-state index contributed by atoms with van der Waals surface area (Å²) in [4.78, 5) is 4.51. The summed E-state index contributed by atoms with van der Waals surface area (Å²) in [7, 11) is 1.39. The lowest BCUT2D eigenvalue weighted by molar-refractivity contribution is -0.0831. The van der Waals surface area contributed by atoms with E-state index in [1.165, 1.54) is 7.11 Å². The molecule has 0 unspecified atom stereocenters. The van der Waals surface area contributed by atoms with Crippen molar-refractivity contribution < 1.29 is 10.0 Å². The van der Waals surface area contributed by atoms with Gasteiger partial charge in [-0.2, -0.15) is 10.3 Å². The van der Waals surface area contributed by atoms with Gasteiger partial charge in [-0.05, 0) is 6.42 Å². The first-order valence-electron chi connectivity index (χ1n) is 3.92. The van der Waals surface area contributed by atoms with Crippen molar-refractivity contribution in [1.29, 1.82) is 5.26 Å². The van der Waals surface area contributed by atoms with E-state index in [0.29, 0.717) is 18.7 Å². The molecule has 5 heteroatoms. The number of hydroxylamine groups is 2. The van der Waals surface area contributed by atoms with Crippen LogP contribution in [0.3, 0.4) is 0 Å². The van der Waals surface area contributed by atoms with Gasteiger partial charge in [0.1, 0.15) is 13.2 Å². The molecular weight excluding hydrogens is 170 g/mol. The Hall–Kier alpha value is -1.38. The second kappa shape index (κ2) is 4.60. The van der Waals surface area contributed by atoms with Crippen molar-refractivity contribution in [2.75, 3.05) is 20.2 Å². The van der Waals surface area contributed by atoms with E-state index in [1.807, 2.05) is 12.1 Å². The van der Waals surface area contributed by atoms with Crippen LogP contribution >= 0.6 is 0 Å². The molecule has 1 aliphatic rings. The quantitative estimate of drug-likeness (QED) is 0.498. The van der Waals surface area contributed by atoms with Gasteiger partial charge in [-0.15, -0.1) is 0 Å². The van der Waals surface area contributed by atoms with E-state index in [9.17, 15) is 5.21 Å². The van der Waals surface area contributed by atoms with E-state index in [-0.39, 0.29) is 5.71 Å². The van der Waals surface area contributed by atoms with Crippen molar-refractivity contribution >= 4 is 5.71 Å². The topological polar surface area (TPSA) is 68.8 Å².